The minimum atomic E-state index is -0.559. The van der Waals surface area contributed by atoms with Crippen LogP contribution in [0.2, 0.25) is 5.02 Å². The number of benzene rings is 1. The first kappa shape index (κ1) is 11.7. The molecular formula is C10H13ClN2O2. The lowest BCUT2D eigenvalue weighted by atomic mass is 10.1. The summed E-state index contributed by atoms with van der Waals surface area (Å²) in [6.07, 6.45) is 0. The first-order valence-corrected chi connectivity index (χ1v) is 4.81. The van der Waals surface area contributed by atoms with Crippen molar-refractivity contribution in [1.29, 1.82) is 0 Å². The maximum absolute atomic E-state index is 10.7. The van der Waals surface area contributed by atoms with Crippen LogP contribution in [0.5, 0.6) is 5.75 Å². The molecule has 1 aromatic rings. The van der Waals surface area contributed by atoms with Gasteiger partial charge in [0.1, 0.15) is 5.75 Å². The second-order valence-corrected chi connectivity index (χ2v) is 3.53. The molecule has 5 heteroatoms. The SMILES string of the molecule is COc1cc([C@@H](C)NC(N)=O)ccc1Cl. The number of rotatable bonds is 3. The topological polar surface area (TPSA) is 64.3 Å². The average Bonchev–Trinajstić information content (AvgIpc) is 2.17. The van der Waals surface area contributed by atoms with Gasteiger partial charge in [-0.2, -0.15) is 0 Å². The normalized spacial score (nSPS) is 11.9. The Morgan fingerprint density at radius 2 is 2.27 bits per heavy atom. The molecule has 0 spiro atoms. The summed E-state index contributed by atoms with van der Waals surface area (Å²) in [6.45, 7) is 1.83. The first-order chi connectivity index (χ1) is 7.04. The molecule has 0 saturated carbocycles. The Hall–Kier alpha value is -1.42. The van der Waals surface area contributed by atoms with Gasteiger partial charge in [0.15, 0.2) is 0 Å². The van der Waals surface area contributed by atoms with E-state index in [1.807, 2.05) is 13.0 Å². The Morgan fingerprint density at radius 1 is 1.60 bits per heavy atom. The standard InChI is InChI=1S/C10H13ClN2O2/c1-6(13-10(12)14)7-3-4-8(11)9(5-7)15-2/h3-6H,1-2H3,(H3,12,13,14)/t6-/m1/s1. The molecule has 0 aliphatic rings. The summed E-state index contributed by atoms with van der Waals surface area (Å²) >= 11 is 5.87. The van der Waals surface area contributed by atoms with E-state index >= 15 is 0 Å². The lowest BCUT2D eigenvalue weighted by Crippen LogP contribution is -2.31. The van der Waals surface area contributed by atoms with Gasteiger partial charge in [-0.15, -0.1) is 0 Å². The van der Waals surface area contributed by atoms with Crippen molar-refractivity contribution in [2.75, 3.05) is 7.11 Å². The van der Waals surface area contributed by atoms with Gasteiger partial charge in [-0.1, -0.05) is 17.7 Å². The number of methoxy groups -OCH3 is 1. The molecule has 1 atom stereocenters. The largest absolute Gasteiger partial charge is 0.495 e. The third kappa shape index (κ3) is 3.02. The van der Waals surface area contributed by atoms with Gasteiger partial charge in [0.05, 0.1) is 18.2 Å². The maximum atomic E-state index is 10.7. The van der Waals surface area contributed by atoms with Crippen molar-refractivity contribution in [3.8, 4) is 5.75 Å². The zero-order valence-electron chi connectivity index (χ0n) is 8.58. The van der Waals surface area contributed by atoms with E-state index in [4.69, 9.17) is 22.1 Å². The molecule has 0 saturated heterocycles. The monoisotopic (exact) mass is 228 g/mol. The number of hydrogen-bond donors (Lipinski definition) is 2. The van der Waals surface area contributed by atoms with E-state index in [9.17, 15) is 4.79 Å². The van der Waals surface area contributed by atoms with Gasteiger partial charge in [0.25, 0.3) is 0 Å². The Labute approximate surface area is 93.4 Å². The lowest BCUT2D eigenvalue weighted by Gasteiger charge is -2.14. The van der Waals surface area contributed by atoms with Crippen LogP contribution in [0.15, 0.2) is 18.2 Å². The van der Waals surface area contributed by atoms with Crippen LogP contribution in [0.1, 0.15) is 18.5 Å². The van der Waals surface area contributed by atoms with Crippen molar-refractivity contribution in [3.63, 3.8) is 0 Å². The molecule has 0 aromatic heterocycles. The van der Waals surface area contributed by atoms with Crippen molar-refractivity contribution in [2.24, 2.45) is 5.73 Å². The predicted octanol–water partition coefficient (Wildman–Crippen LogP) is 2.08. The van der Waals surface area contributed by atoms with Crippen molar-refractivity contribution in [1.82, 2.24) is 5.32 Å². The third-order valence-corrected chi connectivity index (χ3v) is 2.35. The molecule has 15 heavy (non-hydrogen) atoms. The van der Waals surface area contributed by atoms with Crippen LogP contribution in [0, 0.1) is 0 Å². The lowest BCUT2D eigenvalue weighted by molar-refractivity contribution is 0.246. The molecule has 4 nitrogen and oxygen atoms in total. The number of primary amides is 1. The number of carbonyl (C=O) groups excluding carboxylic acids is 1. The molecule has 0 radical (unpaired) electrons. The summed E-state index contributed by atoms with van der Waals surface area (Å²) in [6, 6.07) is 4.56. The van der Waals surface area contributed by atoms with Crippen LogP contribution in [0.4, 0.5) is 4.79 Å². The molecule has 2 amide bonds. The van der Waals surface area contributed by atoms with E-state index < -0.39 is 6.03 Å². The molecular weight excluding hydrogens is 216 g/mol. The van der Waals surface area contributed by atoms with Crippen molar-refractivity contribution in [3.05, 3.63) is 28.8 Å². The summed E-state index contributed by atoms with van der Waals surface area (Å²) in [5.74, 6) is 0.576. The zero-order chi connectivity index (χ0) is 11.4. The predicted molar refractivity (Wildman–Crippen MR) is 59.1 cm³/mol. The van der Waals surface area contributed by atoms with Gasteiger partial charge in [-0.25, -0.2) is 4.79 Å². The number of urea groups is 1. The van der Waals surface area contributed by atoms with E-state index in [-0.39, 0.29) is 6.04 Å². The van der Waals surface area contributed by atoms with E-state index in [1.165, 1.54) is 7.11 Å². The maximum Gasteiger partial charge on any atom is 0.312 e. The van der Waals surface area contributed by atoms with E-state index in [2.05, 4.69) is 5.32 Å². The summed E-state index contributed by atoms with van der Waals surface area (Å²) in [4.78, 5) is 10.7. The highest BCUT2D eigenvalue weighted by Gasteiger charge is 2.09. The quantitative estimate of drug-likeness (QED) is 0.832. The molecule has 0 heterocycles. The number of hydrogen-bond acceptors (Lipinski definition) is 2. The molecule has 1 aromatic carbocycles. The van der Waals surface area contributed by atoms with E-state index in [1.54, 1.807) is 12.1 Å². The van der Waals surface area contributed by atoms with Gasteiger partial charge in [0.2, 0.25) is 0 Å². The number of nitrogens with two attached hydrogens (primary N) is 1. The fourth-order valence-corrected chi connectivity index (χ4v) is 1.44. The van der Waals surface area contributed by atoms with Crippen molar-refractivity contribution >= 4 is 17.6 Å². The number of nitrogens with one attached hydrogen (secondary N) is 1. The Kier molecular flexibility index (Phi) is 3.80. The van der Waals surface area contributed by atoms with E-state index in [0.29, 0.717) is 10.8 Å². The average molecular weight is 229 g/mol. The van der Waals surface area contributed by atoms with Gasteiger partial charge in [0, 0.05) is 0 Å². The smallest absolute Gasteiger partial charge is 0.312 e. The summed E-state index contributed by atoms with van der Waals surface area (Å²) < 4.78 is 5.06. The molecule has 0 bridgehead atoms. The molecule has 0 unspecified atom stereocenters. The molecule has 82 valence electrons. The molecule has 1 rings (SSSR count). The Balaban J connectivity index is 2.90. The summed E-state index contributed by atoms with van der Waals surface area (Å²) in [5, 5.41) is 3.10. The highest BCUT2D eigenvalue weighted by atomic mass is 35.5. The third-order valence-electron chi connectivity index (χ3n) is 2.03. The van der Waals surface area contributed by atoms with Gasteiger partial charge in [-0.3, -0.25) is 0 Å². The fraction of sp³-hybridized carbons (Fsp3) is 0.300. The number of halogens is 1. The Morgan fingerprint density at radius 3 is 2.80 bits per heavy atom. The number of carbonyl (C=O) groups is 1. The Bertz CT molecular complexity index is 368. The van der Waals surface area contributed by atoms with Crippen LogP contribution in [0.25, 0.3) is 0 Å². The minimum Gasteiger partial charge on any atom is -0.495 e. The highest BCUT2D eigenvalue weighted by Crippen LogP contribution is 2.27. The fourth-order valence-electron chi connectivity index (χ4n) is 1.24. The molecule has 0 aliphatic carbocycles. The van der Waals surface area contributed by atoms with Crippen LogP contribution in [-0.2, 0) is 0 Å². The van der Waals surface area contributed by atoms with Crippen molar-refractivity contribution < 1.29 is 9.53 Å². The van der Waals surface area contributed by atoms with Gasteiger partial charge < -0.3 is 15.8 Å². The van der Waals surface area contributed by atoms with Gasteiger partial charge >= 0.3 is 6.03 Å². The first-order valence-electron chi connectivity index (χ1n) is 4.44. The van der Waals surface area contributed by atoms with Crippen LogP contribution in [0.3, 0.4) is 0 Å². The van der Waals surface area contributed by atoms with Gasteiger partial charge in [-0.05, 0) is 24.6 Å². The number of ether oxygens (including phenoxy) is 1. The van der Waals surface area contributed by atoms with Crippen LogP contribution >= 0.6 is 11.6 Å². The van der Waals surface area contributed by atoms with Crippen LogP contribution < -0.4 is 15.8 Å². The highest BCUT2D eigenvalue weighted by molar-refractivity contribution is 6.32. The molecule has 0 fully saturated rings. The summed E-state index contributed by atoms with van der Waals surface area (Å²) in [7, 11) is 1.54. The zero-order valence-corrected chi connectivity index (χ0v) is 9.34. The number of amides is 2. The second-order valence-electron chi connectivity index (χ2n) is 3.12. The molecule has 3 N–H and O–H groups in total. The second kappa shape index (κ2) is 4.89. The van der Waals surface area contributed by atoms with Crippen LogP contribution in [-0.4, -0.2) is 13.1 Å². The minimum absolute atomic E-state index is 0.173. The summed E-state index contributed by atoms with van der Waals surface area (Å²) in [5.41, 5.74) is 5.91. The van der Waals surface area contributed by atoms with E-state index in [0.717, 1.165) is 5.56 Å². The molecule has 0 aliphatic heterocycles. The van der Waals surface area contributed by atoms with Crippen molar-refractivity contribution in [2.45, 2.75) is 13.0 Å².